The molecule has 0 aromatic carbocycles. The van der Waals surface area contributed by atoms with Gasteiger partial charge < -0.3 is 0 Å². The smallest absolute Gasteiger partial charge is 0.182 e. The van der Waals surface area contributed by atoms with E-state index in [-0.39, 0.29) is 0 Å². The van der Waals surface area contributed by atoms with Gasteiger partial charge in [-0.25, -0.2) is 0 Å². The van der Waals surface area contributed by atoms with Crippen LogP contribution in [0.2, 0.25) is 0 Å². The first-order valence-electron chi connectivity index (χ1n) is 3.42. The number of nitrogens with zero attached hydrogens (tertiary/aromatic N) is 5. The summed E-state index contributed by atoms with van der Waals surface area (Å²) in [5.74, 6) is 0.912. The van der Waals surface area contributed by atoms with Crippen molar-refractivity contribution in [3.05, 3.63) is 18.3 Å². The Morgan fingerprint density at radius 3 is 3.09 bits per heavy atom. The molecule has 0 unspecified atom stereocenters. The van der Waals surface area contributed by atoms with Crippen LogP contribution in [0, 0.1) is 0 Å². The van der Waals surface area contributed by atoms with Crippen molar-refractivity contribution in [2.45, 2.75) is 13.3 Å². The van der Waals surface area contributed by atoms with Gasteiger partial charge in [-0.15, -0.1) is 15.3 Å². The molecule has 0 radical (unpaired) electrons. The van der Waals surface area contributed by atoms with Crippen molar-refractivity contribution in [3.63, 3.8) is 0 Å². The molecule has 0 atom stereocenters. The number of fused-ring (bicyclic) bond motifs is 1. The molecule has 2 aromatic rings. The molecular formula is C6H7N5. The Kier molecular flexibility index (Phi) is 1.28. The summed E-state index contributed by atoms with van der Waals surface area (Å²) in [6, 6.07) is 0. The van der Waals surface area contributed by atoms with E-state index in [1.807, 2.05) is 11.3 Å². The number of aryl methyl sites for hydroxylation is 1. The summed E-state index contributed by atoms with van der Waals surface area (Å²) in [6.45, 7) is 2.02. The van der Waals surface area contributed by atoms with E-state index in [4.69, 9.17) is 0 Å². The van der Waals surface area contributed by atoms with Gasteiger partial charge in [0.05, 0.1) is 6.20 Å². The van der Waals surface area contributed by atoms with Gasteiger partial charge in [-0.3, -0.25) is 4.40 Å². The van der Waals surface area contributed by atoms with Crippen LogP contribution in [-0.4, -0.2) is 24.8 Å². The van der Waals surface area contributed by atoms with Gasteiger partial charge in [0.25, 0.3) is 0 Å². The molecule has 0 amide bonds. The predicted octanol–water partition coefficient (Wildman–Crippen LogP) is 0.0817. The Bertz CT molecular complexity index is 366. The third kappa shape index (κ3) is 0.849. The zero-order valence-corrected chi connectivity index (χ0v) is 6.10. The molecule has 0 spiro atoms. The fourth-order valence-electron chi connectivity index (χ4n) is 0.959. The van der Waals surface area contributed by atoms with Crippen LogP contribution in [0.3, 0.4) is 0 Å². The number of rotatable bonds is 1. The van der Waals surface area contributed by atoms with Gasteiger partial charge in [0.15, 0.2) is 5.65 Å². The summed E-state index contributed by atoms with van der Waals surface area (Å²) in [5.41, 5.74) is 0.747. The molecule has 5 nitrogen and oxygen atoms in total. The second-order valence-electron chi connectivity index (χ2n) is 2.17. The minimum atomic E-state index is 0.747. The highest BCUT2D eigenvalue weighted by Gasteiger charge is 2.00. The van der Waals surface area contributed by atoms with Gasteiger partial charge in [0, 0.05) is 6.42 Å². The third-order valence-corrected chi connectivity index (χ3v) is 1.52. The van der Waals surface area contributed by atoms with Gasteiger partial charge in [-0.1, -0.05) is 6.92 Å². The highest BCUT2D eigenvalue weighted by Crippen LogP contribution is 1.98. The molecule has 0 bridgehead atoms. The highest BCUT2D eigenvalue weighted by molar-refractivity contribution is 5.32. The van der Waals surface area contributed by atoms with E-state index in [1.165, 1.54) is 0 Å². The van der Waals surface area contributed by atoms with Crippen LogP contribution in [-0.2, 0) is 6.42 Å². The van der Waals surface area contributed by atoms with Crippen molar-refractivity contribution < 1.29 is 0 Å². The van der Waals surface area contributed by atoms with Crippen molar-refractivity contribution in [2.24, 2.45) is 0 Å². The second-order valence-corrected chi connectivity index (χ2v) is 2.17. The molecule has 2 heterocycles. The molecule has 0 fully saturated rings. The fourth-order valence-corrected chi connectivity index (χ4v) is 0.959. The van der Waals surface area contributed by atoms with Gasteiger partial charge in [0.1, 0.15) is 12.2 Å². The van der Waals surface area contributed by atoms with Crippen LogP contribution in [0.1, 0.15) is 12.7 Å². The molecule has 0 aliphatic heterocycles. The van der Waals surface area contributed by atoms with Crippen molar-refractivity contribution in [1.82, 2.24) is 24.8 Å². The molecule has 2 rings (SSSR count). The van der Waals surface area contributed by atoms with Crippen molar-refractivity contribution >= 4 is 5.65 Å². The van der Waals surface area contributed by atoms with Gasteiger partial charge in [-0.05, 0) is 0 Å². The SMILES string of the molecule is CCc1nnc2cnncn12. The van der Waals surface area contributed by atoms with Crippen LogP contribution >= 0.6 is 0 Å². The average Bonchev–Trinajstić information content (AvgIpc) is 2.47. The Hall–Kier alpha value is -1.52. The standard InChI is InChI=1S/C6H7N5/c1-2-5-9-10-6-3-7-8-4-11(5)6/h3-4H,2H2,1H3. The topological polar surface area (TPSA) is 56.0 Å². The van der Waals surface area contributed by atoms with E-state index in [0.717, 1.165) is 17.9 Å². The van der Waals surface area contributed by atoms with E-state index in [0.29, 0.717) is 0 Å². The largest absolute Gasteiger partial charge is 0.266 e. The summed E-state index contributed by atoms with van der Waals surface area (Å²) >= 11 is 0. The highest BCUT2D eigenvalue weighted by atomic mass is 15.3. The Morgan fingerprint density at radius 2 is 2.27 bits per heavy atom. The molecule has 0 N–H and O–H groups in total. The number of hydrogen-bond donors (Lipinski definition) is 0. The predicted molar refractivity (Wildman–Crippen MR) is 38.0 cm³/mol. The van der Waals surface area contributed by atoms with Gasteiger partial charge >= 0.3 is 0 Å². The maximum atomic E-state index is 3.95. The van der Waals surface area contributed by atoms with Gasteiger partial charge in [0.2, 0.25) is 0 Å². The molecule has 0 aliphatic rings. The summed E-state index contributed by atoms with van der Waals surface area (Å²) in [7, 11) is 0. The molecule has 0 aliphatic carbocycles. The van der Waals surface area contributed by atoms with Crippen molar-refractivity contribution in [2.75, 3.05) is 0 Å². The minimum absolute atomic E-state index is 0.747. The monoisotopic (exact) mass is 149 g/mol. The lowest BCUT2D eigenvalue weighted by molar-refractivity contribution is 0.870. The van der Waals surface area contributed by atoms with Crippen molar-refractivity contribution in [1.29, 1.82) is 0 Å². The molecule has 56 valence electrons. The lowest BCUT2D eigenvalue weighted by Crippen LogP contribution is -1.93. The van der Waals surface area contributed by atoms with Gasteiger partial charge in [-0.2, -0.15) is 5.10 Å². The summed E-state index contributed by atoms with van der Waals surface area (Å²) in [6.07, 6.45) is 4.06. The first-order valence-corrected chi connectivity index (χ1v) is 3.42. The lowest BCUT2D eigenvalue weighted by atomic mass is 10.5. The minimum Gasteiger partial charge on any atom is -0.266 e. The molecule has 0 saturated carbocycles. The summed E-state index contributed by atoms with van der Waals surface area (Å²) in [4.78, 5) is 0. The van der Waals surface area contributed by atoms with Crippen LogP contribution in [0.5, 0.6) is 0 Å². The fraction of sp³-hybridized carbons (Fsp3) is 0.333. The van der Waals surface area contributed by atoms with E-state index in [9.17, 15) is 0 Å². The molecule has 0 saturated heterocycles. The maximum absolute atomic E-state index is 3.95. The normalized spacial score (nSPS) is 10.6. The molecule has 5 heteroatoms. The van der Waals surface area contributed by atoms with E-state index < -0.39 is 0 Å². The lowest BCUT2D eigenvalue weighted by Gasteiger charge is -1.90. The van der Waals surface area contributed by atoms with Crippen LogP contribution in [0.15, 0.2) is 12.5 Å². The zero-order chi connectivity index (χ0) is 7.68. The van der Waals surface area contributed by atoms with Crippen molar-refractivity contribution in [3.8, 4) is 0 Å². The van der Waals surface area contributed by atoms with Crippen LogP contribution < -0.4 is 0 Å². The van der Waals surface area contributed by atoms with Crippen LogP contribution in [0.4, 0.5) is 0 Å². The Morgan fingerprint density at radius 1 is 1.36 bits per heavy atom. The number of aromatic nitrogens is 5. The Balaban J connectivity index is 2.76. The first kappa shape index (κ1) is 6.21. The average molecular weight is 149 g/mol. The molecular weight excluding hydrogens is 142 g/mol. The van der Waals surface area contributed by atoms with E-state index in [2.05, 4.69) is 20.4 Å². The summed E-state index contributed by atoms with van der Waals surface area (Å²) < 4.78 is 1.83. The molecule has 11 heavy (non-hydrogen) atoms. The van der Waals surface area contributed by atoms with E-state index in [1.54, 1.807) is 12.5 Å². The molecule has 2 aromatic heterocycles. The maximum Gasteiger partial charge on any atom is 0.182 e. The summed E-state index contributed by atoms with van der Waals surface area (Å²) in [5, 5.41) is 15.3. The van der Waals surface area contributed by atoms with E-state index >= 15 is 0 Å². The number of hydrogen-bond acceptors (Lipinski definition) is 4. The quantitative estimate of drug-likeness (QED) is 0.576. The zero-order valence-electron chi connectivity index (χ0n) is 6.10. The first-order chi connectivity index (χ1) is 5.42. The second kappa shape index (κ2) is 2.26. The third-order valence-electron chi connectivity index (χ3n) is 1.52. The Labute approximate surface area is 63.1 Å². The van der Waals surface area contributed by atoms with Crippen LogP contribution in [0.25, 0.3) is 5.65 Å².